The summed E-state index contributed by atoms with van der Waals surface area (Å²) in [5.41, 5.74) is 7.29. The summed E-state index contributed by atoms with van der Waals surface area (Å²) in [5, 5.41) is 8.67. The number of rotatable bonds is 6. The molecule has 1 aromatic carbocycles. The lowest BCUT2D eigenvalue weighted by molar-refractivity contribution is -0.137. The van der Waals surface area contributed by atoms with E-state index >= 15 is 0 Å². The number of benzene rings is 1. The van der Waals surface area contributed by atoms with Gasteiger partial charge in [-0.1, -0.05) is 19.9 Å². The highest BCUT2D eigenvalue weighted by molar-refractivity contribution is 5.66. The van der Waals surface area contributed by atoms with Crippen LogP contribution in [0.1, 0.15) is 49.8 Å². The highest BCUT2D eigenvalue weighted by atomic mass is 19.1. The maximum atomic E-state index is 13.9. The number of hydrogen-bond acceptors (Lipinski definition) is 3. The van der Waals surface area contributed by atoms with Crippen LogP contribution in [0.3, 0.4) is 0 Å². The van der Waals surface area contributed by atoms with Gasteiger partial charge in [0.25, 0.3) is 0 Å². The van der Waals surface area contributed by atoms with E-state index in [0.29, 0.717) is 5.56 Å². The number of methoxy groups -OCH3 is 1. The zero-order valence-electron chi connectivity index (χ0n) is 11.4. The molecule has 0 spiro atoms. The number of carboxylic acids is 1. The van der Waals surface area contributed by atoms with Crippen molar-refractivity contribution in [1.82, 2.24) is 0 Å². The van der Waals surface area contributed by atoms with Crippen molar-refractivity contribution in [3.8, 4) is 5.75 Å². The molecule has 0 fully saturated rings. The Labute approximate surface area is 112 Å². The van der Waals surface area contributed by atoms with Gasteiger partial charge in [0.15, 0.2) is 11.6 Å². The Hall–Kier alpha value is -1.62. The van der Waals surface area contributed by atoms with Crippen molar-refractivity contribution in [2.45, 2.75) is 38.6 Å². The number of halogens is 1. The number of hydrogen-bond donors (Lipinski definition) is 2. The van der Waals surface area contributed by atoms with Crippen LogP contribution in [0.5, 0.6) is 5.75 Å². The molecular weight excluding hydrogens is 249 g/mol. The molecule has 1 unspecified atom stereocenters. The van der Waals surface area contributed by atoms with E-state index < -0.39 is 17.8 Å². The molecular formula is C14H20FNO3. The number of carbonyl (C=O) groups is 1. The molecule has 1 aromatic rings. The Morgan fingerprint density at radius 3 is 2.58 bits per heavy atom. The molecule has 0 heterocycles. The van der Waals surface area contributed by atoms with Crippen molar-refractivity contribution in [3.05, 3.63) is 29.1 Å². The first kappa shape index (κ1) is 15.4. The van der Waals surface area contributed by atoms with Crippen molar-refractivity contribution in [3.63, 3.8) is 0 Å². The van der Waals surface area contributed by atoms with Crippen LogP contribution in [-0.4, -0.2) is 18.2 Å². The summed E-state index contributed by atoms with van der Waals surface area (Å²) < 4.78 is 19.0. The standard InChI is InChI=1S/C14H20FNO3/c1-8(2)9-6-10(12(16)4-5-13(17)18)14(19-3)11(15)7-9/h6-8,12H,4-5,16H2,1-3H3,(H,17,18). The summed E-state index contributed by atoms with van der Waals surface area (Å²) in [4.78, 5) is 10.6. The van der Waals surface area contributed by atoms with Crippen LogP contribution in [0, 0.1) is 5.82 Å². The van der Waals surface area contributed by atoms with Gasteiger partial charge in [0, 0.05) is 18.0 Å². The maximum absolute atomic E-state index is 13.9. The monoisotopic (exact) mass is 269 g/mol. The molecule has 0 bridgehead atoms. The van der Waals surface area contributed by atoms with E-state index in [-0.39, 0.29) is 24.5 Å². The first-order chi connectivity index (χ1) is 8.86. The van der Waals surface area contributed by atoms with Gasteiger partial charge in [0.05, 0.1) is 7.11 Å². The third-order valence-corrected chi connectivity index (χ3v) is 3.03. The van der Waals surface area contributed by atoms with Crippen molar-refractivity contribution >= 4 is 5.97 Å². The third-order valence-electron chi connectivity index (χ3n) is 3.03. The largest absolute Gasteiger partial charge is 0.493 e. The fourth-order valence-corrected chi connectivity index (χ4v) is 1.90. The summed E-state index contributed by atoms with van der Waals surface area (Å²) in [6, 6.07) is 2.66. The summed E-state index contributed by atoms with van der Waals surface area (Å²) in [5.74, 6) is -1.13. The van der Waals surface area contributed by atoms with Gasteiger partial charge in [0.2, 0.25) is 0 Å². The third kappa shape index (κ3) is 3.92. The Bertz CT molecular complexity index is 460. The van der Waals surface area contributed by atoms with Gasteiger partial charge < -0.3 is 15.6 Å². The van der Waals surface area contributed by atoms with Gasteiger partial charge in [0.1, 0.15) is 0 Å². The van der Waals surface area contributed by atoms with Crippen molar-refractivity contribution < 1.29 is 19.0 Å². The van der Waals surface area contributed by atoms with Crippen LogP contribution in [0.25, 0.3) is 0 Å². The fraction of sp³-hybridized carbons (Fsp3) is 0.500. The minimum absolute atomic E-state index is 0.0577. The van der Waals surface area contributed by atoms with Crippen LogP contribution in [-0.2, 0) is 4.79 Å². The molecule has 3 N–H and O–H groups in total. The normalized spacial score (nSPS) is 12.5. The minimum atomic E-state index is -0.921. The number of ether oxygens (including phenoxy) is 1. The summed E-state index contributed by atoms with van der Waals surface area (Å²) in [6.45, 7) is 3.90. The molecule has 19 heavy (non-hydrogen) atoms. The van der Waals surface area contributed by atoms with Crippen LogP contribution in [0.2, 0.25) is 0 Å². The van der Waals surface area contributed by atoms with Crippen LogP contribution < -0.4 is 10.5 Å². The van der Waals surface area contributed by atoms with Gasteiger partial charge in [-0.3, -0.25) is 4.79 Å². The minimum Gasteiger partial charge on any atom is -0.493 e. The summed E-state index contributed by atoms with van der Waals surface area (Å²) in [6.07, 6.45) is 0.185. The van der Waals surface area contributed by atoms with E-state index in [2.05, 4.69) is 0 Å². The maximum Gasteiger partial charge on any atom is 0.303 e. The molecule has 1 rings (SSSR count). The Kier molecular flexibility index (Phi) is 5.30. The first-order valence-electron chi connectivity index (χ1n) is 6.21. The lowest BCUT2D eigenvalue weighted by Gasteiger charge is -2.18. The predicted molar refractivity (Wildman–Crippen MR) is 70.8 cm³/mol. The van der Waals surface area contributed by atoms with Crippen LogP contribution in [0.4, 0.5) is 4.39 Å². The Morgan fingerprint density at radius 2 is 2.11 bits per heavy atom. The van der Waals surface area contributed by atoms with Gasteiger partial charge in [-0.05, 0) is 24.0 Å². The quantitative estimate of drug-likeness (QED) is 0.833. The highest BCUT2D eigenvalue weighted by Crippen LogP contribution is 2.32. The molecule has 0 aliphatic carbocycles. The molecule has 106 valence electrons. The van der Waals surface area contributed by atoms with Crippen molar-refractivity contribution in [1.29, 1.82) is 0 Å². The molecule has 4 nitrogen and oxygen atoms in total. The van der Waals surface area contributed by atoms with Gasteiger partial charge >= 0.3 is 5.97 Å². The van der Waals surface area contributed by atoms with E-state index in [1.807, 2.05) is 13.8 Å². The summed E-state index contributed by atoms with van der Waals surface area (Å²) in [7, 11) is 1.38. The molecule has 0 amide bonds. The second-order valence-electron chi connectivity index (χ2n) is 4.82. The predicted octanol–water partition coefficient (Wildman–Crippen LogP) is 2.82. The topological polar surface area (TPSA) is 72.5 Å². The van der Waals surface area contributed by atoms with E-state index in [0.717, 1.165) is 5.56 Å². The summed E-state index contributed by atoms with van der Waals surface area (Å²) >= 11 is 0. The Balaban J connectivity index is 3.11. The smallest absolute Gasteiger partial charge is 0.303 e. The Morgan fingerprint density at radius 1 is 1.47 bits per heavy atom. The molecule has 5 heteroatoms. The molecule has 0 aliphatic heterocycles. The number of aliphatic carboxylic acids is 1. The molecule has 0 saturated carbocycles. The zero-order chi connectivity index (χ0) is 14.6. The zero-order valence-corrected chi connectivity index (χ0v) is 11.4. The van der Waals surface area contributed by atoms with Gasteiger partial charge in [-0.15, -0.1) is 0 Å². The second-order valence-corrected chi connectivity index (χ2v) is 4.82. The van der Waals surface area contributed by atoms with E-state index in [9.17, 15) is 9.18 Å². The van der Waals surface area contributed by atoms with E-state index in [4.69, 9.17) is 15.6 Å². The van der Waals surface area contributed by atoms with Gasteiger partial charge in [-0.2, -0.15) is 0 Å². The second kappa shape index (κ2) is 6.52. The van der Waals surface area contributed by atoms with Crippen molar-refractivity contribution in [2.24, 2.45) is 5.73 Å². The lowest BCUT2D eigenvalue weighted by atomic mass is 9.95. The number of carboxylic acid groups (broad SMARTS) is 1. The average Bonchev–Trinajstić information content (AvgIpc) is 2.34. The van der Waals surface area contributed by atoms with Crippen LogP contribution >= 0.6 is 0 Å². The number of nitrogens with two attached hydrogens (primary N) is 1. The molecule has 0 aromatic heterocycles. The van der Waals surface area contributed by atoms with Crippen LogP contribution in [0.15, 0.2) is 12.1 Å². The molecule has 0 aliphatic rings. The molecule has 1 atom stereocenters. The lowest BCUT2D eigenvalue weighted by Crippen LogP contribution is -2.14. The SMILES string of the molecule is COc1c(F)cc(C(C)C)cc1C(N)CCC(=O)O. The fourth-order valence-electron chi connectivity index (χ4n) is 1.90. The molecule has 0 radical (unpaired) electrons. The average molecular weight is 269 g/mol. The molecule has 0 saturated heterocycles. The van der Waals surface area contributed by atoms with E-state index in [1.54, 1.807) is 6.07 Å². The van der Waals surface area contributed by atoms with Gasteiger partial charge in [-0.25, -0.2) is 4.39 Å². The highest BCUT2D eigenvalue weighted by Gasteiger charge is 2.19. The van der Waals surface area contributed by atoms with E-state index in [1.165, 1.54) is 13.2 Å². The first-order valence-corrected chi connectivity index (χ1v) is 6.21. The van der Waals surface area contributed by atoms with Crippen molar-refractivity contribution in [2.75, 3.05) is 7.11 Å².